The minimum absolute atomic E-state index is 0.744. The van der Waals surface area contributed by atoms with Crippen molar-refractivity contribution in [3.8, 4) is 0 Å². The summed E-state index contributed by atoms with van der Waals surface area (Å²) in [6.45, 7) is 6.56. The molecule has 1 saturated carbocycles. The van der Waals surface area contributed by atoms with Gasteiger partial charge >= 0.3 is 0 Å². The largest absolute Gasteiger partial charge is 0.373 e. The van der Waals surface area contributed by atoms with E-state index >= 15 is 0 Å². The quantitative estimate of drug-likeness (QED) is 0.824. The predicted molar refractivity (Wildman–Crippen MR) is 81.7 cm³/mol. The van der Waals surface area contributed by atoms with E-state index in [1.165, 1.54) is 19.3 Å². The van der Waals surface area contributed by atoms with Gasteiger partial charge in [0, 0.05) is 19.6 Å². The van der Waals surface area contributed by atoms with Gasteiger partial charge in [-0.25, -0.2) is 4.98 Å². The van der Waals surface area contributed by atoms with Crippen LogP contribution in [0, 0.1) is 5.92 Å². The molecular formula is C15H24ClN3. The molecule has 2 rings (SSSR count). The number of rotatable bonds is 7. The van der Waals surface area contributed by atoms with Crippen LogP contribution in [0.1, 0.15) is 38.8 Å². The third-order valence-corrected chi connectivity index (χ3v) is 3.93. The zero-order chi connectivity index (χ0) is 13.8. The summed E-state index contributed by atoms with van der Waals surface area (Å²) in [6, 6.07) is 4.60. The van der Waals surface area contributed by atoms with E-state index in [0.29, 0.717) is 0 Å². The number of hydrogen-bond donors (Lipinski definition) is 1. The number of anilines is 1. The molecule has 19 heavy (non-hydrogen) atoms. The van der Waals surface area contributed by atoms with Crippen LogP contribution in [0.4, 0.5) is 5.82 Å². The normalized spacial score (nSPS) is 15.3. The zero-order valence-corrected chi connectivity index (χ0v) is 12.9. The molecule has 106 valence electrons. The number of hydrogen-bond acceptors (Lipinski definition) is 3. The van der Waals surface area contributed by atoms with Gasteiger partial charge in [0.15, 0.2) is 0 Å². The lowest BCUT2D eigenvalue weighted by Gasteiger charge is -2.23. The molecule has 0 saturated heterocycles. The SMILES string of the molecule is CNc1ccc(Cl)c(CN(CCC(C)C)C2CC2)n1. The Kier molecular flexibility index (Phi) is 5.06. The Labute approximate surface area is 121 Å². The Balaban J connectivity index is 2.03. The molecule has 0 amide bonds. The smallest absolute Gasteiger partial charge is 0.126 e. The summed E-state index contributed by atoms with van der Waals surface area (Å²) in [4.78, 5) is 7.12. The Hall–Kier alpha value is -0.800. The van der Waals surface area contributed by atoms with E-state index in [-0.39, 0.29) is 0 Å². The van der Waals surface area contributed by atoms with Gasteiger partial charge in [-0.05, 0) is 43.9 Å². The number of pyridine rings is 1. The molecule has 0 aromatic carbocycles. The second-order valence-corrected chi connectivity index (χ2v) is 6.17. The van der Waals surface area contributed by atoms with E-state index in [1.54, 1.807) is 0 Å². The van der Waals surface area contributed by atoms with Crippen molar-refractivity contribution >= 4 is 17.4 Å². The molecule has 1 aromatic rings. The highest BCUT2D eigenvalue weighted by atomic mass is 35.5. The molecule has 0 unspecified atom stereocenters. The van der Waals surface area contributed by atoms with Gasteiger partial charge in [-0.1, -0.05) is 25.4 Å². The highest BCUT2D eigenvalue weighted by Gasteiger charge is 2.29. The van der Waals surface area contributed by atoms with Gasteiger partial charge in [-0.15, -0.1) is 0 Å². The summed E-state index contributed by atoms with van der Waals surface area (Å²) in [7, 11) is 1.89. The lowest BCUT2D eigenvalue weighted by atomic mass is 10.1. The van der Waals surface area contributed by atoms with Crippen LogP contribution in [0.3, 0.4) is 0 Å². The number of aromatic nitrogens is 1. The molecule has 1 fully saturated rings. The first-order valence-electron chi connectivity index (χ1n) is 7.17. The second kappa shape index (κ2) is 6.58. The van der Waals surface area contributed by atoms with Gasteiger partial charge in [-0.2, -0.15) is 0 Å². The lowest BCUT2D eigenvalue weighted by Crippen LogP contribution is -2.28. The first-order valence-corrected chi connectivity index (χ1v) is 7.55. The minimum atomic E-state index is 0.744. The number of halogens is 1. The summed E-state index contributed by atoms with van der Waals surface area (Å²) in [5.41, 5.74) is 0.990. The van der Waals surface area contributed by atoms with Crippen molar-refractivity contribution in [3.63, 3.8) is 0 Å². The third-order valence-electron chi connectivity index (χ3n) is 3.58. The van der Waals surface area contributed by atoms with E-state index < -0.39 is 0 Å². The fraction of sp³-hybridized carbons (Fsp3) is 0.667. The number of nitrogens with one attached hydrogen (secondary N) is 1. The fourth-order valence-corrected chi connectivity index (χ4v) is 2.35. The van der Waals surface area contributed by atoms with E-state index in [1.807, 2.05) is 19.2 Å². The number of nitrogens with zero attached hydrogens (tertiary/aromatic N) is 2. The molecular weight excluding hydrogens is 258 g/mol. The van der Waals surface area contributed by atoms with Gasteiger partial charge in [0.25, 0.3) is 0 Å². The van der Waals surface area contributed by atoms with Gasteiger partial charge in [0.1, 0.15) is 5.82 Å². The third kappa shape index (κ3) is 4.36. The van der Waals surface area contributed by atoms with Crippen LogP contribution in [-0.2, 0) is 6.54 Å². The summed E-state index contributed by atoms with van der Waals surface area (Å²) in [6.07, 6.45) is 3.88. The highest BCUT2D eigenvalue weighted by Crippen LogP contribution is 2.30. The molecule has 1 aliphatic carbocycles. The molecule has 1 N–H and O–H groups in total. The summed E-state index contributed by atoms with van der Waals surface area (Å²) in [5.74, 6) is 1.63. The topological polar surface area (TPSA) is 28.2 Å². The van der Waals surface area contributed by atoms with Gasteiger partial charge in [0.05, 0.1) is 10.7 Å². The Bertz CT molecular complexity index is 416. The summed E-state index contributed by atoms with van der Waals surface area (Å²) < 4.78 is 0. The lowest BCUT2D eigenvalue weighted by molar-refractivity contribution is 0.237. The second-order valence-electron chi connectivity index (χ2n) is 5.76. The maximum Gasteiger partial charge on any atom is 0.126 e. The molecule has 1 aromatic heterocycles. The van der Waals surface area contributed by atoms with E-state index in [0.717, 1.165) is 41.6 Å². The van der Waals surface area contributed by atoms with Crippen LogP contribution in [0.25, 0.3) is 0 Å². The monoisotopic (exact) mass is 281 g/mol. The first-order chi connectivity index (χ1) is 9.10. The van der Waals surface area contributed by atoms with Crippen LogP contribution in [0.15, 0.2) is 12.1 Å². The molecule has 0 bridgehead atoms. The van der Waals surface area contributed by atoms with Crippen molar-refractivity contribution in [2.45, 2.75) is 45.7 Å². The molecule has 4 heteroatoms. The molecule has 1 heterocycles. The molecule has 0 spiro atoms. The van der Waals surface area contributed by atoms with Crippen molar-refractivity contribution in [3.05, 3.63) is 22.8 Å². The van der Waals surface area contributed by atoms with E-state index in [2.05, 4.69) is 29.0 Å². The fourth-order valence-electron chi connectivity index (χ4n) is 2.18. The van der Waals surface area contributed by atoms with Crippen LogP contribution < -0.4 is 5.32 Å². The van der Waals surface area contributed by atoms with Crippen molar-refractivity contribution in [1.82, 2.24) is 9.88 Å². The van der Waals surface area contributed by atoms with Crippen molar-refractivity contribution in [2.75, 3.05) is 18.9 Å². The van der Waals surface area contributed by atoms with Crippen LogP contribution in [0.5, 0.6) is 0 Å². The van der Waals surface area contributed by atoms with E-state index in [9.17, 15) is 0 Å². The standard InChI is InChI=1S/C15H24ClN3/c1-11(2)8-9-19(12-4-5-12)10-14-13(16)6-7-15(17-3)18-14/h6-7,11-12H,4-5,8-10H2,1-3H3,(H,17,18). The Morgan fingerprint density at radius 3 is 2.74 bits per heavy atom. The predicted octanol–water partition coefficient (Wildman–Crippen LogP) is 3.79. The van der Waals surface area contributed by atoms with Crippen molar-refractivity contribution < 1.29 is 0 Å². The summed E-state index contributed by atoms with van der Waals surface area (Å²) in [5, 5.41) is 3.85. The Morgan fingerprint density at radius 2 is 2.16 bits per heavy atom. The van der Waals surface area contributed by atoms with Crippen LogP contribution in [0.2, 0.25) is 5.02 Å². The molecule has 0 radical (unpaired) electrons. The average molecular weight is 282 g/mol. The average Bonchev–Trinajstić information content (AvgIpc) is 3.20. The van der Waals surface area contributed by atoms with Crippen LogP contribution >= 0.6 is 11.6 Å². The maximum atomic E-state index is 6.27. The first kappa shape index (κ1) is 14.6. The van der Waals surface area contributed by atoms with Gasteiger partial charge in [0.2, 0.25) is 0 Å². The Morgan fingerprint density at radius 1 is 1.42 bits per heavy atom. The molecule has 0 atom stereocenters. The van der Waals surface area contributed by atoms with E-state index in [4.69, 9.17) is 11.6 Å². The molecule has 1 aliphatic rings. The zero-order valence-electron chi connectivity index (χ0n) is 12.1. The van der Waals surface area contributed by atoms with Crippen LogP contribution in [-0.4, -0.2) is 29.5 Å². The highest BCUT2D eigenvalue weighted by molar-refractivity contribution is 6.31. The van der Waals surface area contributed by atoms with Gasteiger partial charge in [-0.3, -0.25) is 4.90 Å². The molecule has 0 aliphatic heterocycles. The minimum Gasteiger partial charge on any atom is -0.373 e. The van der Waals surface area contributed by atoms with Gasteiger partial charge < -0.3 is 5.32 Å². The summed E-state index contributed by atoms with van der Waals surface area (Å²) >= 11 is 6.27. The molecule has 3 nitrogen and oxygen atoms in total. The van der Waals surface area contributed by atoms with Crippen molar-refractivity contribution in [2.24, 2.45) is 5.92 Å². The van der Waals surface area contributed by atoms with Crippen molar-refractivity contribution in [1.29, 1.82) is 0 Å². The maximum absolute atomic E-state index is 6.27.